The largest absolute Gasteiger partial charge is 0.465 e. The van der Waals surface area contributed by atoms with Gasteiger partial charge >= 0.3 is 12.0 Å². The summed E-state index contributed by atoms with van der Waals surface area (Å²) in [5.74, 6) is -0.722. The molecule has 1 aliphatic heterocycles. The van der Waals surface area contributed by atoms with E-state index in [1.807, 2.05) is 6.92 Å². The fourth-order valence-electron chi connectivity index (χ4n) is 3.08. The Morgan fingerprint density at radius 2 is 1.89 bits per heavy atom. The number of likely N-dealkylation sites (tertiary alicyclic amines) is 1. The summed E-state index contributed by atoms with van der Waals surface area (Å²) in [6.45, 7) is 3.08. The van der Waals surface area contributed by atoms with E-state index in [2.05, 4.69) is 9.97 Å². The van der Waals surface area contributed by atoms with Crippen molar-refractivity contribution in [3.8, 4) is 6.01 Å². The zero-order valence-electron chi connectivity index (χ0n) is 15.6. The number of carbonyl (C=O) groups is 2. The highest BCUT2D eigenvalue weighted by molar-refractivity contribution is 6.05. The maximum Gasteiger partial charge on any atom is 0.338 e. The minimum atomic E-state index is -0.520. The Labute approximate surface area is 158 Å². The molecule has 7 nitrogen and oxygen atoms in total. The normalized spacial score (nSPS) is 16.7. The molecule has 0 saturated carbocycles. The van der Waals surface area contributed by atoms with Gasteiger partial charge < -0.3 is 14.4 Å². The van der Waals surface area contributed by atoms with E-state index in [1.165, 1.54) is 7.11 Å². The predicted molar refractivity (Wildman–Crippen MR) is 98.7 cm³/mol. The van der Waals surface area contributed by atoms with E-state index in [0.29, 0.717) is 24.7 Å². The summed E-state index contributed by atoms with van der Waals surface area (Å²) in [7, 11) is 1.30. The Kier molecular flexibility index (Phi) is 6.01. The van der Waals surface area contributed by atoms with Crippen LogP contribution in [0.15, 0.2) is 36.7 Å². The number of aromatic nitrogens is 2. The lowest BCUT2D eigenvalue weighted by atomic mass is 10.0. The van der Waals surface area contributed by atoms with Gasteiger partial charge in [-0.15, -0.1) is 0 Å². The Balaban J connectivity index is 1.70. The first-order valence-electron chi connectivity index (χ1n) is 9.06. The average Bonchev–Trinajstić information content (AvgIpc) is 2.73. The molecule has 2 aromatic rings. The molecule has 0 radical (unpaired) electrons. The van der Waals surface area contributed by atoms with Crippen molar-refractivity contribution < 1.29 is 19.1 Å². The summed E-state index contributed by atoms with van der Waals surface area (Å²) >= 11 is 0. The van der Waals surface area contributed by atoms with Crippen molar-refractivity contribution in [3.63, 3.8) is 0 Å². The molecular weight excluding hydrogens is 346 g/mol. The SMILES string of the molecule is CCc1cnc(OC2CCCN(C(=O)c3ccccc3C(=O)OC)C2)nc1. The number of carbonyl (C=O) groups excluding carboxylic acids is 2. The fourth-order valence-corrected chi connectivity index (χ4v) is 3.08. The predicted octanol–water partition coefficient (Wildman–Crippen LogP) is 2.51. The number of ether oxygens (including phenoxy) is 2. The minimum Gasteiger partial charge on any atom is -0.465 e. The Bertz CT molecular complexity index is 807. The van der Waals surface area contributed by atoms with Crippen molar-refractivity contribution >= 4 is 11.9 Å². The van der Waals surface area contributed by atoms with Gasteiger partial charge in [-0.3, -0.25) is 4.79 Å². The molecule has 7 heteroatoms. The number of esters is 1. The Morgan fingerprint density at radius 3 is 2.56 bits per heavy atom. The maximum absolute atomic E-state index is 13.0. The molecule has 0 bridgehead atoms. The average molecular weight is 369 g/mol. The van der Waals surface area contributed by atoms with Gasteiger partial charge in [0.05, 0.1) is 24.8 Å². The van der Waals surface area contributed by atoms with Gasteiger partial charge in [-0.1, -0.05) is 19.1 Å². The van der Waals surface area contributed by atoms with Gasteiger partial charge in [0.2, 0.25) is 0 Å². The smallest absolute Gasteiger partial charge is 0.338 e. The molecule has 3 rings (SSSR count). The van der Waals surface area contributed by atoms with Crippen molar-refractivity contribution in [1.82, 2.24) is 14.9 Å². The second-order valence-electron chi connectivity index (χ2n) is 6.40. The molecule has 1 atom stereocenters. The van der Waals surface area contributed by atoms with Crippen LogP contribution in [0.25, 0.3) is 0 Å². The second kappa shape index (κ2) is 8.62. The van der Waals surface area contributed by atoms with Crippen LogP contribution in [-0.4, -0.2) is 53.0 Å². The van der Waals surface area contributed by atoms with E-state index in [-0.39, 0.29) is 17.6 Å². The van der Waals surface area contributed by atoms with Crippen LogP contribution >= 0.6 is 0 Å². The van der Waals surface area contributed by atoms with Crippen LogP contribution in [0.4, 0.5) is 0 Å². The molecule has 1 unspecified atom stereocenters. The summed E-state index contributed by atoms with van der Waals surface area (Å²) in [6.07, 6.45) is 5.82. The van der Waals surface area contributed by atoms with Crippen LogP contribution in [0.3, 0.4) is 0 Å². The van der Waals surface area contributed by atoms with Crippen molar-refractivity contribution in [3.05, 3.63) is 53.3 Å². The van der Waals surface area contributed by atoms with E-state index < -0.39 is 5.97 Å². The highest BCUT2D eigenvalue weighted by atomic mass is 16.5. The van der Waals surface area contributed by atoms with Gasteiger partial charge in [-0.05, 0) is 37.0 Å². The van der Waals surface area contributed by atoms with E-state index in [9.17, 15) is 9.59 Å². The van der Waals surface area contributed by atoms with Gasteiger partial charge in [-0.2, -0.15) is 0 Å². The number of hydrogen-bond donors (Lipinski definition) is 0. The van der Waals surface area contributed by atoms with Gasteiger partial charge in [-0.25, -0.2) is 14.8 Å². The first kappa shape index (κ1) is 18.8. The molecule has 0 aliphatic carbocycles. The van der Waals surface area contributed by atoms with E-state index >= 15 is 0 Å². The summed E-state index contributed by atoms with van der Waals surface area (Å²) in [6, 6.07) is 7.01. The van der Waals surface area contributed by atoms with E-state index in [1.54, 1.807) is 41.6 Å². The number of methoxy groups -OCH3 is 1. The van der Waals surface area contributed by atoms with Gasteiger partial charge in [0.15, 0.2) is 0 Å². The standard InChI is InChI=1S/C20H23N3O4/c1-3-14-11-21-20(22-12-14)27-15-7-6-10-23(13-15)18(24)16-8-4-5-9-17(16)19(25)26-2/h4-5,8-9,11-12,15H,3,6-7,10,13H2,1-2H3. The number of amides is 1. The summed E-state index contributed by atoms with van der Waals surface area (Å²) in [5, 5.41) is 0. The second-order valence-corrected chi connectivity index (χ2v) is 6.40. The van der Waals surface area contributed by atoms with Gasteiger partial charge in [0.1, 0.15) is 6.10 Å². The first-order chi connectivity index (χ1) is 13.1. The fraction of sp³-hybridized carbons (Fsp3) is 0.400. The molecule has 1 aromatic heterocycles. The van der Waals surface area contributed by atoms with Crippen LogP contribution in [-0.2, 0) is 11.2 Å². The molecule has 0 N–H and O–H groups in total. The van der Waals surface area contributed by atoms with Crippen LogP contribution in [0.1, 0.15) is 46.0 Å². The molecule has 0 spiro atoms. The number of nitrogens with zero attached hydrogens (tertiary/aromatic N) is 3. The monoisotopic (exact) mass is 369 g/mol. The third kappa shape index (κ3) is 4.42. The summed E-state index contributed by atoms with van der Waals surface area (Å²) in [4.78, 5) is 35.0. The molecule has 2 heterocycles. The maximum atomic E-state index is 13.0. The third-order valence-corrected chi connectivity index (χ3v) is 4.59. The lowest BCUT2D eigenvalue weighted by molar-refractivity contribution is 0.0502. The minimum absolute atomic E-state index is 0.180. The lowest BCUT2D eigenvalue weighted by Crippen LogP contribution is -2.45. The van der Waals surface area contributed by atoms with Crippen molar-refractivity contribution in [2.24, 2.45) is 0 Å². The van der Waals surface area contributed by atoms with Crippen LogP contribution in [0, 0.1) is 0 Å². The molecule has 1 saturated heterocycles. The zero-order chi connectivity index (χ0) is 19.2. The number of benzene rings is 1. The first-order valence-corrected chi connectivity index (χ1v) is 9.06. The highest BCUT2D eigenvalue weighted by Crippen LogP contribution is 2.20. The van der Waals surface area contributed by atoms with E-state index in [0.717, 1.165) is 24.8 Å². The van der Waals surface area contributed by atoms with Gasteiger partial charge in [0.25, 0.3) is 5.91 Å². The topological polar surface area (TPSA) is 81.6 Å². The molecule has 1 fully saturated rings. The van der Waals surface area contributed by atoms with Crippen LogP contribution < -0.4 is 4.74 Å². The van der Waals surface area contributed by atoms with Crippen LogP contribution in [0.2, 0.25) is 0 Å². The molecular formula is C20H23N3O4. The lowest BCUT2D eigenvalue weighted by Gasteiger charge is -2.32. The van der Waals surface area contributed by atoms with Crippen molar-refractivity contribution in [1.29, 1.82) is 0 Å². The third-order valence-electron chi connectivity index (χ3n) is 4.59. The summed E-state index contributed by atoms with van der Waals surface area (Å²) in [5.41, 5.74) is 1.65. The molecule has 1 aromatic carbocycles. The van der Waals surface area contributed by atoms with Gasteiger partial charge in [0, 0.05) is 18.9 Å². The quantitative estimate of drug-likeness (QED) is 0.753. The number of hydrogen-bond acceptors (Lipinski definition) is 6. The van der Waals surface area contributed by atoms with Crippen molar-refractivity contribution in [2.45, 2.75) is 32.3 Å². The molecule has 1 aliphatic rings. The molecule has 27 heavy (non-hydrogen) atoms. The highest BCUT2D eigenvalue weighted by Gasteiger charge is 2.28. The van der Waals surface area contributed by atoms with Crippen molar-refractivity contribution in [2.75, 3.05) is 20.2 Å². The Hall–Kier alpha value is -2.96. The molecule has 1 amide bonds. The number of rotatable bonds is 5. The summed E-state index contributed by atoms with van der Waals surface area (Å²) < 4.78 is 10.6. The zero-order valence-corrected chi connectivity index (χ0v) is 15.6. The number of piperidine rings is 1. The molecule has 142 valence electrons. The number of aryl methyl sites for hydroxylation is 1. The van der Waals surface area contributed by atoms with E-state index in [4.69, 9.17) is 9.47 Å². The Morgan fingerprint density at radius 1 is 1.19 bits per heavy atom. The van der Waals surface area contributed by atoms with Crippen LogP contribution in [0.5, 0.6) is 6.01 Å².